The second-order valence-electron chi connectivity index (χ2n) is 4.82. The molecule has 100 valence electrons. The van der Waals surface area contributed by atoms with Crippen LogP contribution in [0.2, 0.25) is 0 Å². The Hall–Kier alpha value is -0.320. The van der Waals surface area contributed by atoms with Crippen LogP contribution in [-0.4, -0.2) is 28.0 Å². The molecule has 0 saturated carbocycles. The van der Waals surface area contributed by atoms with Crippen LogP contribution in [-0.2, 0) is 16.6 Å². The van der Waals surface area contributed by atoms with Gasteiger partial charge in [0.1, 0.15) is 0 Å². The third kappa shape index (κ3) is 3.59. The van der Waals surface area contributed by atoms with Crippen LogP contribution in [0.25, 0.3) is 0 Å². The average Bonchev–Trinajstić information content (AvgIpc) is 2.38. The standard InChI is InChI=1S/C14H21NOS2/c1-11(18(2)16)7-8-15-14-10-17-9-12-5-3-4-6-13(12)14/h3-6,11,14-15H,7-10H2,1-2H3. The number of rotatable bonds is 5. The molecule has 4 heteroatoms. The first kappa shape index (κ1) is 14.1. The van der Waals surface area contributed by atoms with E-state index in [2.05, 4.69) is 36.5 Å². The molecule has 2 rings (SSSR count). The van der Waals surface area contributed by atoms with Gasteiger partial charge in [-0.25, -0.2) is 0 Å². The van der Waals surface area contributed by atoms with Gasteiger partial charge in [0.25, 0.3) is 0 Å². The van der Waals surface area contributed by atoms with E-state index in [-0.39, 0.29) is 5.25 Å². The molecule has 1 N–H and O–H groups in total. The highest BCUT2D eigenvalue weighted by molar-refractivity contribution is 7.98. The quantitative estimate of drug-likeness (QED) is 0.901. The zero-order valence-electron chi connectivity index (χ0n) is 11.0. The fourth-order valence-corrected chi connectivity index (χ4v) is 3.76. The molecule has 18 heavy (non-hydrogen) atoms. The van der Waals surface area contributed by atoms with Gasteiger partial charge >= 0.3 is 0 Å². The van der Waals surface area contributed by atoms with Gasteiger partial charge in [-0.3, -0.25) is 4.21 Å². The Kier molecular flexibility index (Phi) is 5.27. The lowest BCUT2D eigenvalue weighted by atomic mass is 10.0. The van der Waals surface area contributed by atoms with E-state index < -0.39 is 10.8 Å². The van der Waals surface area contributed by atoms with Crippen molar-refractivity contribution in [3.8, 4) is 0 Å². The van der Waals surface area contributed by atoms with Crippen molar-refractivity contribution in [3.05, 3.63) is 35.4 Å². The van der Waals surface area contributed by atoms with Gasteiger partial charge in [0, 0.05) is 39.9 Å². The van der Waals surface area contributed by atoms with Crippen LogP contribution in [0.15, 0.2) is 24.3 Å². The SMILES string of the molecule is CC(CCNC1CSCc2ccccc21)S(C)=O. The van der Waals surface area contributed by atoms with E-state index in [1.54, 1.807) is 6.26 Å². The number of benzene rings is 1. The van der Waals surface area contributed by atoms with Crippen LogP contribution in [0, 0.1) is 0 Å². The third-order valence-electron chi connectivity index (χ3n) is 3.48. The highest BCUT2D eigenvalue weighted by Gasteiger charge is 2.19. The van der Waals surface area contributed by atoms with Crippen LogP contribution < -0.4 is 5.32 Å². The van der Waals surface area contributed by atoms with Crippen molar-refractivity contribution in [1.82, 2.24) is 5.32 Å². The maximum absolute atomic E-state index is 11.3. The molecule has 3 atom stereocenters. The lowest BCUT2D eigenvalue weighted by Gasteiger charge is -2.26. The number of hydrogen-bond donors (Lipinski definition) is 1. The van der Waals surface area contributed by atoms with Gasteiger partial charge in [0.05, 0.1) is 0 Å². The van der Waals surface area contributed by atoms with Crippen LogP contribution in [0.3, 0.4) is 0 Å². The smallest absolute Gasteiger partial charge is 0.0415 e. The van der Waals surface area contributed by atoms with Crippen LogP contribution in [0.4, 0.5) is 0 Å². The molecule has 1 aromatic rings. The molecule has 0 amide bonds. The van der Waals surface area contributed by atoms with Crippen LogP contribution in [0.1, 0.15) is 30.5 Å². The summed E-state index contributed by atoms with van der Waals surface area (Å²) in [7, 11) is -0.707. The van der Waals surface area contributed by atoms with E-state index in [0.717, 1.165) is 24.5 Å². The molecule has 1 heterocycles. The molecular formula is C14H21NOS2. The molecule has 0 saturated heterocycles. The zero-order valence-corrected chi connectivity index (χ0v) is 12.7. The summed E-state index contributed by atoms with van der Waals surface area (Å²) in [4.78, 5) is 0. The summed E-state index contributed by atoms with van der Waals surface area (Å²) in [5.74, 6) is 2.27. The monoisotopic (exact) mass is 283 g/mol. The van der Waals surface area contributed by atoms with Crippen molar-refractivity contribution < 1.29 is 4.21 Å². The number of fused-ring (bicyclic) bond motifs is 1. The Morgan fingerprint density at radius 3 is 3.06 bits per heavy atom. The largest absolute Gasteiger partial charge is 0.309 e. The summed E-state index contributed by atoms with van der Waals surface area (Å²) in [5, 5.41) is 3.89. The van der Waals surface area contributed by atoms with Crippen molar-refractivity contribution in [2.24, 2.45) is 0 Å². The van der Waals surface area contributed by atoms with Crippen molar-refractivity contribution in [1.29, 1.82) is 0 Å². The molecule has 1 aliphatic heterocycles. The van der Waals surface area contributed by atoms with Gasteiger partial charge in [0.2, 0.25) is 0 Å². The summed E-state index contributed by atoms with van der Waals surface area (Å²) in [6.07, 6.45) is 2.77. The molecule has 0 bridgehead atoms. The predicted octanol–water partition coefficient (Wildman–Crippen LogP) is 2.72. The number of hydrogen-bond acceptors (Lipinski definition) is 3. The Morgan fingerprint density at radius 2 is 2.28 bits per heavy atom. The van der Waals surface area contributed by atoms with Crippen molar-refractivity contribution in [2.75, 3.05) is 18.6 Å². The molecule has 2 nitrogen and oxygen atoms in total. The van der Waals surface area contributed by atoms with Crippen LogP contribution >= 0.6 is 11.8 Å². The molecule has 0 aromatic heterocycles. The van der Waals surface area contributed by atoms with Gasteiger partial charge in [-0.1, -0.05) is 31.2 Å². The van der Waals surface area contributed by atoms with E-state index in [1.807, 2.05) is 11.8 Å². The number of thioether (sulfide) groups is 1. The highest BCUT2D eigenvalue weighted by Crippen LogP contribution is 2.31. The zero-order chi connectivity index (χ0) is 13.0. The summed E-state index contributed by atoms with van der Waals surface area (Å²) < 4.78 is 11.3. The van der Waals surface area contributed by atoms with Crippen molar-refractivity contribution in [3.63, 3.8) is 0 Å². The molecule has 3 unspecified atom stereocenters. The Morgan fingerprint density at radius 1 is 1.50 bits per heavy atom. The van der Waals surface area contributed by atoms with E-state index >= 15 is 0 Å². The summed E-state index contributed by atoms with van der Waals surface area (Å²) in [6, 6.07) is 9.14. The molecule has 0 aliphatic carbocycles. The van der Waals surface area contributed by atoms with Gasteiger partial charge in [-0.2, -0.15) is 11.8 Å². The van der Waals surface area contributed by atoms with E-state index in [9.17, 15) is 4.21 Å². The molecule has 0 radical (unpaired) electrons. The first-order valence-electron chi connectivity index (χ1n) is 6.39. The summed E-state index contributed by atoms with van der Waals surface area (Å²) in [5.41, 5.74) is 2.90. The second kappa shape index (κ2) is 6.73. The Balaban J connectivity index is 1.90. The fourth-order valence-electron chi connectivity index (χ4n) is 2.18. The predicted molar refractivity (Wildman–Crippen MR) is 81.5 cm³/mol. The van der Waals surface area contributed by atoms with Gasteiger partial charge in [0.15, 0.2) is 0 Å². The molecule has 0 fully saturated rings. The third-order valence-corrected chi connectivity index (χ3v) is 5.93. The minimum absolute atomic E-state index is 0.281. The first-order valence-corrected chi connectivity index (χ1v) is 9.17. The van der Waals surface area contributed by atoms with Crippen LogP contribution in [0.5, 0.6) is 0 Å². The molecule has 1 aromatic carbocycles. The molecule has 1 aliphatic rings. The minimum Gasteiger partial charge on any atom is -0.309 e. The van der Waals surface area contributed by atoms with E-state index in [4.69, 9.17) is 0 Å². The minimum atomic E-state index is -0.707. The van der Waals surface area contributed by atoms with Gasteiger partial charge < -0.3 is 5.32 Å². The first-order chi connectivity index (χ1) is 8.68. The summed E-state index contributed by atoms with van der Waals surface area (Å²) in [6.45, 7) is 3.00. The maximum Gasteiger partial charge on any atom is 0.0415 e. The lowest BCUT2D eigenvalue weighted by Crippen LogP contribution is -2.29. The highest BCUT2D eigenvalue weighted by atomic mass is 32.2. The average molecular weight is 283 g/mol. The van der Waals surface area contributed by atoms with Gasteiger partial charge in [-0.05, 0) is 24.1 Å². The summed E-state index contributed by atoms with van der Waals surface area (Å²) >= 11 is 1.99. The normalized spacial score (nSPS) is 22.2. The Bertz CT molecular complexity index is 422. The van der Waals surface area contributed by atoms with Crippen molar-refractivity contribution >= 4 is 22.6 Å². The second-order valence-corrected chi connectivity index (χ2v) is 7.65. The maximum atomic E-state index is 11.3. The van der Waals surface area contributed by atoms with Crippen molar-refractivity contribution in [2.45, 2.75) is 30.4 Å². The molecule has 0 spiro atoms. The van der Waals surface area contributed by atoms with Gasteiger partial charge in [-0.15, -0.1) is 0 Å². The van der Waals surface area contributed by atoms with E-state index in [0.29, 0.717) is 6.04 Å². The lowest BCUT2D eigenvalue weighted by molar-refractivity contribution is 0.554. The fraction of sp³-hybridized carbons (Fsp3) is 0.571. The Labute approximate surface area is 116 Å². The molecular weight excluding hydrogens is 262 g/mol. The van der Waals surface area contributed by atoms with E-state index in [1.165, 1.54) is 11.1 Å². The topological polar surface area (TPSA) is 29.1 Å². The number of nitrogens with one attached hydrogen (secondary N) is 1.